The van der Waals surface area contributed by atoms with Crippen LogP contribution in [-0.4, -0.2) is 29.7 Å². The second kappa shape index (κ2) is 3.56. The lowest BCUT2D eigenvalue weighted by molar-refractivity contribution is 0.136. The topological polar surface area (TPSA) is 38.3 Å². The lowest BCUT2D eigenvalue weighted by atomic mass is 10.1. The van der Waals surface area contributed by atoms with Crippen LogP contribution in [0.3, 0.4) is 0 Å². The van der Waals surface area contributed by atoms with Crippen LogP contribution < -0.4 is 5.32 Å². The largest absolute Gasteiger partial charge is 0.443 e. The summed E-state index contributed by atoms with van der Waals surface area (Å²) in [6.45, 7) is 0.705. The number of carbonyl (C=O) groups is 1. The summed E-state index contributed by atoms with van der Waals surface area (Å²) < 4.78 is 5.13. The van der Waals surface area contributed by atoms with Crippen molar-refractivity contribution in [3.8, 4) is 0 Å². The van der Waals surface area contributed by atoms with Gasteiger partial charge < -0.3 is 10.1 Å². The molecule has 0 spiro atoms. The van der Waals surface area contributed by atoms with Crippen LogP contribution >= 0.6 is 11.8 Å². The van der Waals surface area contributed by atoms with E-state index in [-0.39, 0.29) is 12.2 Å². The molecule has 2 heterocycles. The fraction of sp³-hybridized carbons (Fsp3) is 0.875. The average molecular weight is 187 g/mol. The number of cyclic esters (lactones) is 1. The minimum absolute atomic E-state index is 0.128. The molecule has 12 heavy (non-hydrogen) atoms. The summed E-state index contributed by atoms with van der Waals surface area (Å²) in [4.78, 5) is 10.8. The van der Waals surface area contributed by atoms with E-state index < -0.39 is 0 Å². The van der Waals surface area contributed by atoms with Crippen molar-refractivity contribution in [2.75, 3.05) is 12.3 Å². The Labute approximate surface area is 76.2 Å². The number of ether oxygens (including phenoxy) is 1. The van der Waals surface area contributed by atoms with E-state index in [9.17, 15) is 4.79 Å². The number of nitrogens with one attached hydrogen (secondary N) is 1. The van der Waals surface area contributed by atoms with Gasteiger partial charge in [0.05, 0.1) is 6.54 Å². The van der Waals surface area contributed by atoms with Gasteiger partial charge in [0.1, 0.15) is 6.10 Å². The standard InChI is InChI=1S/C8H13NO2S/c10-8-9-5-6(11-8)7-3-1-2-4-12-7/h6-7H,1-5H2,(H,9,10). The molecule has 1 amide bonds. The van der Waals surface area contributed by atoms with Gasteiger partial charge >= 0.3 is 6.09 Å². The molecule has 2 aliphatic heterocycles. The molecule has 0 saturated carbocycles. The Hall–Kier alpha value is -0.380. The zero-order valence-corrected chi connectivity index (χ0v) is 7.73. The molecule has 2 atom stereocenters. The number of hydrogen-bond acceptors (Lipinski definition) is 3. The molecule has 2 rings (SSSR count). The van der Waals surface area contributed by atoms with Crippen LogP contribution in [0.25, 0.3) is 0 Å². The van der Waals surface area contributed by atoms with Crippen molar-refractivity contribution in [1.82, 2.24) is 5.32 Å². The second-order valence-electron chi connectivity index (χ2n) is 3.23. The molecule has 4 heteroatoms. The Morgan fingerprint density at radius 1 is 1.50 bits per heavy atom. The lowest BCUT2D eigenvalue weighted by Crippen LogP contribution is -2.29. The van der Waals surface area contributed by atoms with Crippen molar-refractivity contribution in [3.05, 3.63) is 0 Å². The fourth-order valence-electron chi connectivity index (χ4n) is 1.67. The first-order chi connectivity index (χ1) is 5.86. The molecule has 1 N–H and O–H groups in total. The average Bonchev–Trinajstić information content (AvgIpc) is 2.54. The number of hydrogen-bond donors (Lipinski definition) is 1. The summed E-state index contributed by atoms with van der Waals surface area (Å²) in [6, 6.07) is 0. The van der Waals surface area contributed by atoms with Crippen molar-refractivity contribution in [2.24, 2.45) is 0 Å². The summed E-state index contributed by atoms with van der Waals surface area (Å²) in [6.07, 6.45) is 3.68. The number of alkyl carbamates (subject to hydrolysis) is 1. The molecule has 0 bridgehead atoms. The molecule has 0 aromatic rings. The molecule has 2 unspecified atom stereocenters. The normalized spacial score (nSPS) is 35.8. The molecule has 0 radical (unpaired) electrons. The van der Waals surface area contributed by atoms with Gasteiger partial charge in [0.15, 0.2) is 0 Å². The van der Waals surface area contributed by atoms with E-state index in [1.165, 1.54) is 25.0 Å². The SMILES string of the molecule is O=C1NCC(C2CCCCS2)O1. The lowest BCUT2D eigenvalue weighted by Gasteiger charge is -2.24. The molecule has 0 aromatic carbocycles. The van der Waals surface area contributed by atoms with Crippen molar-refractivity contribution in [1.29, 1.82) is 0 Å². The highest BCUT2D eigenvalue weighted by Crippen LogP contribution is 2.29. The maximum Gasteiger partial charge on any atom is 0.407 e. The Morgan fingerprint density at radius 2 is 2.42 bits per heavy atom. The van der Waals surface area contributed by atoms with E-state index in [0.717, 1.165) is 0 Å². The Bertz CT molecular complexity index is 180. The summed E-state index contributed by atoms with van der Waals surface area (Å²) in [5, 5.41) is 3.23. The number of rotatable bonds is 1. The zero-order chi connectivity index (χ0) is 8.39. The number of carbonyl (C=O) groups excluding carboxylic acids is 1. The monoisotopic (exact) mass is 187 g/mol. The van der Waals surface area contributed by atoms with E-state index in [1.54, 1.807) is 0 Å². The Morgan fingerprint density at radius 3 is 3.00 bits per heavy atom. The van der Waals surface area contributed by atoms with Crippen LogP contribution in [0.1, 0.15) is 19.3 Å². The van der Waals surface area contributed by atoms with Gasteiger partial charge in [-0.1, -0.05) is 6.42 Å². The van der Waals surface area contributed by atoms with E-state index in [1.807, 2.05) is 11.8 Å². The maximum absolute atomic E-state index is 10.8. The second-order valence-corrected chi connectivity index (χ2v) is 4.58. The van der Waals surface area contributed by atoms with Gasteiger partial charge in [0.25, 0.3) is 0 Å². The molecular formula is C8H13NO2S. The molecule has 2 aliphatic rings. The van der Waals surface area contributed by atoms with Gasteiger partial charge in [-0.2, -0.15) is 11.8 Å². The number of amides is 1. The first-order valence-corrected chi connectivity index (χ1v) is 5.47. The van der Waals surface area contributed by atoms with Crippen LogP contribution in [-0.2, 0) is 4.74 Å². The van der Waals surface area contributed by atoms with E-state index >= 15 is 0 Å². The highest BCUT2D eigenvalue weighted by atomic mass is 32.2. The first kappa shape index (κ1) is 8.23. The van der Waals surface area contributed by atoms with Gasteiger partial charge in [0.2, 0.25) is 0 Å². The third kappa shape index (κ3) is 1.68. The smallest absolute Gasteiger partial charge is 0.407 e. The van der Waals surface area contributed by atoms with Crippen LogP contribution in [0, 0.1) is 0 Å². The molecule has 0 aliphatic carbocycles. The van der Waals surface area contributed by atoms with Crippen LogP contribution in [0.5, 0.6) is 0 Å². The Kier molecular flexibility index (Phi) is 2.44. The molecule has 0 aromatic heterocycles. The van der Waals surface area contributed by atoms with Crippen LogP contribution in [0.15, 0.2) is 0 Å². The molecule has 68 valence electrons. The fourth-order valence-corrected chi connectivity index (χ4v) is 3.04. The molecule has 3 nitrogen and oxygen atoms in total. The van der Waals surface area contributed by atoms with Crippen molar-refractivity contribution in [2.45, 2.75) is 30.6 Å². The van der Waals surface area contributed by atoms with Crippen LogP contribution in [0.2, 0.25) is 0 Å². The van der Waals surface area contributed by atoms with Crippen molar-refractivity contribution >= 4 is 17.9 Å². The molecule has 2 saturated heterocycles. The van der Waals surface area contributed by atoms with Crippen molar-refractivity contribution in [3.63, 3.8) is 0 Å². The van der Waals surface area contributed by atoms with Crippen LogP contribution in [0.4, 0.5) is 4.79 Å². The summed E-state index contributed by atoms with van der Waals surface area (Å²) >= 11 is 1.95. The highest BCUT2D eigenvalue weighted by molar-refractivity contribution is 8.00. The van der Waals surface area contributed by atoms with Crippen molar-refractivity contribution < 1.29 is 9.53 Å². The first-order valence-electron chi connectivity index (χ1n) is 4.42. The quantitative estimate of drug-likeness (QED) is 0.674. The van der Waals surface area contributed by atoms with Gasteiger partial charge in [0, 0.05) is 5.25 Å². The maximum atomic E-state index is 10.8. The Balaban J connectivity index is 1.86. The zero-order valence-electron chi connectivity index (χ0n) is 6.91. The summed E-state index contributed by atoms with van der Waals surface area (Å²) in [5.74, 6) is 1.22. The van der Waals surface area contributed by atoms with E-state index in [4.69, 9.17) is 4.74 Å². The molecular weight excluding hydrogens is 174 g/mol. The predicted molar refractivity (Wildman–Crippen MR) is 48.4 cm³/mol. The van der Waals surface area contributed by atoms with E-state index in [0.29, 0.717) is 11.8 Å². The van der Waals surface area contributed by atoms with Gasteiger partial charge in [-0.25, -0.2) is 4.79 Å². The summed E-state index contributed by atoms with van der Waals surface area (Å²) in [5.41, 5.74) is 0. The third-order valence-electron chi connectivity index (χ3n) is 2.34. The van der Waals surface area contributed by atoms with Gasteiger partial charge in [-0.05, 0) is 18.6 Å². The highest BCUT2D eigenvalue weighted by Gasteiger charge is 2.31. The van der Waals surface area contributed by atoms with Gasteiger partial charge in [-0.3, -0.25) is 0 Å². The third-order valence-corrected chi connectivity index (χ3v) is 3.83. The van der Waals surface area contributed by atoms with Gasteiger partial charge in [-0.15, -0.1) is 0 Å². The van der Waals surface area contributed by atoms with E-state index in [2.05, 4.69) is 5.32 Å². The summed E-state index contributed by atoms with van der Waals surface area (Å²) in [7, 11) is 0. The minimum Gasteiger partial charge on any atom is -0.443 e. The minimum atomic E-state index is -0.244. The number of thioether (sulfide) groups is 1. The molecule has 2 fully saturated rings. The predicted octanol–water partition coefficient (Wildman–Crippen LogP) is 1.38.